The van der Waals surface area contributed by atoms with Crippen molar-refractivity contribution in [2.75, 3.05) is 26.6 Å². The van der Waals surface area contributed by atoms with E-state index >= 15 is 0 Å². The van der Waals surface area contributed by atoms with E-state index in [0.29, 0.717) is 0 Å². The lowest BCUT2D eigenvalue weighted by molar-refractivity contribution is 0.372. The van der Waals surface area contributed by atoms with E-state index in [4.69, 9.17) is 14.2 Å². The van der Waals surface area contributed by atoms with Crippen LogP contribution in [0.3, 0.4) is 0 Å². The standard InChI is InChI=1S/C20H22N4O3/c1-25-14-6-4-5-13(9-14)17-11-18(24-20(23-17)21-12-22-24)16-10-15(26-2)7-8-19(16)27-3/h4-10,12,17-18H,11H2,1-3H3,(H,21,22,23). The van der Waals surface area contributed by atoms with Crippen LogP contribution in [0.4, 0.5) is 5.95 Å². The Labute approximate surface area is 157 Å². The Balaban J connectivity index is 1.77. The topological polar surface area (TPSA) is 70.4 Å². The predicted molar refractivity (Wildman–Crippen MR) is 102 cm³/mol. The Morgan fingerprint density at radius 3 is 2.59 bits per heavy atom. The molecule has 0 saturated heterocycles. The highest BCUT2D eigenvalue weighted by molar-refractivity contribution is 5.46. The van der Waals surface area contributed by atoms with Gasteiger partial charge in [0.1, 0.15) is 23.6 Å². The van der Waals surface area contributed by atoms with Gasteiger partial charge in [-0.25, -0.2) is 4.68 Å². The second-order valence-corrected chi connectivity index (χ2v) is 6.36. The van der Waals surface area contributed by atoms with Gasteiger partial charge in [-0.1, -0.05) is 12.1 Å². The molecule has 0 spiro atoms. The van der Waals surface area contributed by atoms with Gasteiger partial charge in [0.05, 0.1) is 33.4 Å². The van der Waals surface area contributed by atoms with Crippen molar-refractivity contribution in [2.24, 2.45) is 0 Å². The Bertz CT molecular complexity index is 940. The zero-order valence-corrected chi connectivity index (χ0v) is 15.5. The highest BCUT2D eigenvalue weighted by Gasteiger charge is 2.32. The molecule has 7 nitrogen and oxygen atoms in total. The number of nitrogens with one attached hydrogen (secondary N) is 1. The smallest absolute Gasteiger partial charge is 0.222 e. The van der Waals surface area contributed by atoms with Gasteiger partial charge in [-0.05, 0) is 42.3 Å². The van der Waals surface area contributed by atoms with Crippen molar-refractivity contribution in [3.8, 4) is 17.2 Å². The second-order valence-electron chi connectivity index (χ2n) is 6.36. The molecule has 0 saturated carbocycles. The number of rotatable bonds is 5. The summed E-state index contributed by atoms with van der Waals surface area (Å²) in [6.07, 6.45) is 2.35. The number of methoxy groups -OCH3 is 3. The van der Waals surface area contributed by atoms with Crippen molar-refractivity contribution < 1.29 is 14.2 Å². The summed E-state index contributed by atoms with van der Waals surface area (Å²) in [7, 11) is 5.01. The van der Waals surface area contributed by atoms with Gasteiger partial charge in [0, 0.05) is 5.56 Å². The molecule has 2 unspecified atom stereocenters. The minimum Gasteiger partial charge on any atom is -0.497 e. The normalized spacial score (nSPS) is 18.3. The van der Waals surface area contributed by atoms with Gasteiger partial charge < -0.3 is 19.5 Å². The third-order valence-corrected chi connectivity index (χ3v) is 4.92. The SMILES string of the molecule is COc1cccc(C2CC(c3cc(OC)ccc3OC)n3ncnc3N2)c1. The van der Waals surface area contributed by atoms with Crippen molar-refractivity contribution in [2.45, 2.75) is 18.5 Å². The molecule has 27 heavy (non-hydrogen) atoms. The van der Waals surface area contributed by atoms with E-state index in [2.05, 4.69) is 21.5 Å². The molecule has 1 aromatic heterocycles. The molecule has 1 N–H and O–H groups in total. The van der Waals surface area contributed by atoms with Crippen LogP contribution in [0.25, 0.3) is 0 Å². The molecule has 1 aliphatic rings. The van der Waals surface area contributed by atoms with Crippen molar-refractivity contribution in [1.82, 2.24) is 14.8 Å². The number of hydrogen-bond donors (Lipinski definition) is 1. The van der Waals surface area contributed by atoms with E-state index in [9.17, 15) is 0 Å². The molecule has 2 heterocycles. The highest BCUT2D eigenvalue weighted by atomic mass is 16.5. The molecule has 1 aliphatic heterocycles. The first kappa shape index (κ1) is 17.2. The summed E-state index contributed by atoms with van der Waals surface area (Å²) < 4.78 is 18.3. The molecule has 140 valence electrons. The lowest BCUT2D eigenvalue weighted by Gasteiger charge is -2.32. The summed E-state index contributed by atoms with van der Waals surface area (Å²) in [5.41, 5.74) is 2.15. The molecule has 0 amide bonds. The highest BCUT2D eigenvalue weighted by Crippen LogP contribution is 2.41. The van der Waals surface area contributed by atoms with E-state index in [1.54, 1.807) is 27.7 Å². The van der Waals surface area contributed by atoms with Gasteiger partial charge in [0.25, 0.3) is 0 Å². The number of anilines is 1. The number of hydrogen-bond acceptors (Lipinski definition) is 6. The van der Waals surface area contributed by atoms with E-state index in [0.717, 1.165) is 40.7 Å². The molecule has 3 aromatic rings. The molecule has 2 aromatic carbocycles. The van der Waals surface area contributed by atoms with Gasteiger partial charge in [-0.15, -0.1) is 0 Å². The number of fused-ring (bicyclic) bond motifs is 1. The van der Waals surface area contributed by atoms with Crippen molar-refractivity contribution in [3.05, 3.63) is 59.9 Å². The average molecular weight is 366 g/mol. The zero-order valence-electron chi connectivity index (χ0n) is 15.5. The Morgan fingerprint density at radius 2 is 1.81 bits per heavy atom. The van der Waals surface area contributed by atoms with Crippen LogP contribution >= 0.6 is 0 Å². The fourth-order valence-electron chi connectivity index (χ4n) is 3.56. The van der Waals surface area contributed by atoms with Crippen LogP contribution in [0, 0.1) is 0 Å². The second kappa shape index (κ2) is 7.19. The fraction of sp³-hybridized carbons (Fsp3) is 0.300. The fourth-order valence-corrected chi connectivity index (χ4v) is 3.56. The van der Waals surface area contributed by atoms with Gasteiger partial charge >= 0.3 is 0 Å². The third-order valence-electron chi connectivity index (χ3n) is 4.92. The minimum absolute atomic E-state index is 0.0370. The van der Waals surface area contributed by atoms with Crippen molar-refractivity contribution in [3.63, 3.8) is 0 Å². The molecule has 0 bridgehead atoms. The van der Waals surface area contributed by atoms with Gasteiger partial charge in [0.15, 0.2) is 0 Å². The van der Waals surface area contributed by atoms with Crippen LogP contribution in [0.2, 0.25) is 0 Å². The van der Waals surface area contributed by atoms with Gasteiger partial charge in [-0.3, -0.25) is 0 Å². The summed E-state index contributed by atoms with van der Waals surface area (Å²) in [5, 5.41) is 7.90. The number of benzene rings is 2. The Morgan fingerprint density at radius 1 is 1.00 bits per heavy atom. The van der Waals surface area contributed by atoms with Gasteiger partial charge in [0.2, 0.25) is 5.95 Å². The zero-order chi connectivity index (χ0) is 18.8. The van der Waals surface area contributed by atoms with Gasteiger partial charge in [-0.2, -0.15) is 10.1 Å². The summed E-state index contributed by atoms with van der Waals surface area (Å²) in [4.78, 5) is 4.39. The average Bonchev–Trinajstić information content (AvgIpc) is 3.21. The molecule has 0 radical (unpaired) electrons. The molecular weight excluding hydrogens is 344 g/mol. The summed E-state index contributed by atoms with van der Waals surface area (Å²) in [6, 6.07) is 13.9. The first-order valence-electron chi connectivity index (χ1n) is 8.75. The Kier molecular flexibility index (Phi) is 4.58. The minimum atomic E-state index is -0.0370. The van der Waals surface area contributed by atoms with Crippen molar-refractivity contribution >= 4 is 5.95 Å². The van der Waals surface area contributed by atoms with Crippen LogP contribution < -0.4 is 19.5 Å². The first-order chi connectivity index (χ1) is 13.2. The summed E-state index contributed by atoms with van der Waals surface area (Å²) in [6.45, 7) is 0. The van der Waals surface area contributed by atoms with Crippen LogP contribution in [0.15, 0.2) is 48.8 Å². The summed E-state index contributed by atoms with van der Waals surface area (Å²) in [5.74, 6) is 3.14. The number of aromatic nitrogens is 3. The largest absolute Gasteiger partial charge is 0.497 e. The van der Waals surface area contributed by atoms with E-state index in [1.165, 1.54) is 0 Å². The maximum Gasteiger partial charge on any atom is 0.222 e. The molecule has 7 heteroatoms. The maximum absolute atomic E-state index is 5.61. The van der Waals surface area contributed by atoms with E-state index < -0.39 is 0 Å². The summed E-state index contributed by atoms with van der Waals surface area (Å²) >= 11 is 0. The van der Waals surface area contributed by atoms with Crippen LogP contribution in [0.5, 0.6) is 17.2 Å². The lowest BCUT2D eigenvalue weighted by Crippen LogP contribution is -2.28. The van der Waals surface area contributed by atoms with Crippen molar-refractivity contribution in [1.29, 1.82) is 0 Å². The number of ether oxygens (including phenoxy) is 3. The molecule has 0 aliphatic carbocycles. The molecule has 4 rings (SSSR count). The first-order valence-corrected chi connectivity index (χ1v) is 8.75. The molecular formula is C20H22N4O3. The Hall–Kier alpha value is -3.22. The third kappa shape index (κ3) is 3.16. The van der Waals surface area contributed by atoms with Crippen LogP contribution in [0.1, 0.15) is 29.6 Å². The number of nitrogens with zero attached hydrogens (tertiary/aromatic N) is 3. The molecule has 0 fully saturated rings. The predicted octanol–water partition coefficient (Wildman–Crippen LogP) is 3.45. The molecule has 2 atom stereocenters. The quantitative estimate of drug-likeness (QED) is 0.746. The van der Waals surface area contributed by atoms with Crippen LogP contribution in [-0.2, 0) is 0 Å². The maximum atomic E-state index is 5.61. The monoisotopic (exact) mass is 366 g/mol. The van der Waals surface area contributed by atoms with E-state index in [-0.39, 0.29) is 12.1 Å². The van der Waals surface area contributed by atoms with E-state index in [1.807, 2.05) is 41.1 Å². The lowest BCUT2D eigenvalue weighted by atomic mass is 9.92. The van der Waals surface area contributed by atoms with Crippen LogP contribution in [-0.4, -0.2) is 36.1 Å².